The Hall–Kier alpha value is -2.13. The van der Waals surface area contributed by atoms with Gasteiger partial charge < -0.3 is 11.1 Å². The van der Waals surface area contributed by atoms with Crippen molar-refractivity contribution in [3.8, 4) is 0 Å². The average Bonchev–Trinajstić information content (AvgIpc) is 2.55. The summed E-state index contributed by atoms with van der Waals surface area (Å²) in [6.07, 6.45) is 1.70. The molecule has 3 N–H and O–H groups in total. The van der Waals surface area contributed by atoms with Gasteiger partial charge in [-0.05, 0) is 36.1 Å². The number of carbonyl (C=O) groups is 1. The molecule has 3 heteroatoms. The van der Waals surface area contributed by atoms with Crippen molar-refractivity contribution < 1.29 is 4.79 Å². The SMILES string of the molecule is CCc1ccc(C(=O)NCCC(N)c2ccccc2)cc1. The van der Waals surface area contributed by atoms with Crippen LogP contribution >= 0.6 is 0 Å². The maximum atomic E-state index is 12.0. The average molecular weight is 282 g/mol. The molecule has 0 saturated carbocycles. The molecule has 2 aromatic rings. The molecule has 1 unspecified atom stereocenters. The van der Waals surface area contributed by atoms with Crippen molar-refractivity contribution in [2.45, 2.75) is 25.8 Å². The first-order valence-corrected chi connectivity index (χ1v) is 7.38. The van der Waals surface area contributed by atoms with E-state index < -0.39 is 0 Å². The van der Waals surface area contributed by atoms with Crippen molar-refractivity contribution in [2.24, 2.45) is 5.73 Å². The van der Waals surface area contributed by atoms with Gasteiger partial charge in [-0.2, -0.15) is 0 Å². The van der Waals surface area contributed by atoms with Gasteiger partial charge in [-0.15, -0.1) is 0 Å². The standard InChI is InChI=1S/C18H22N2O/c1-2-14-8-10-16(11-9-14)18(21)20-13-12-17(19)15-6-4-3-5-7-15/h3-11,17H,2,12-13,19H2,1H3,(H,20,21). The maximum Gasteiger partial charge on any atom is 0.251 e. The van der Waals surface area contributed by atoms with Gasteiger partial charge in [-0.25, -0.2) is 0 Å². The lowest BCUT2D eigenvalue weighted by Crippen LogP contribution is -2.27. The topological polar surface area (TPSA) is 55.1 Å². The number of nitrogens with two attached hydrogens (primary N) is 1. The fourth-order valence-electron chi connectivity index (χ4n) is 2.20. The lowest BCUT2D eigenvalue weighted by molar-refractivity contribution is 0.0952. The highest BCUT2D eigenvalue weighted by Crippen LogP contribution is 2.12. The first kappa shape index (κ1) is 15.3. The summed E-state index contributed by atoms with van der Waals surface area (Å²) < 4.78 is 0. The molecule has 2 rings (SSSR count). The van der Waals surface area contributed by atoms with Gasteiger partial charge in [0.25, 0.3) is 5.91 Å². The zero-order valence-corrected chi connectivity index (χ0v) is 12.4. The van der Waals surface area contributed by atoms with E-state index in [1.165, 1.54) is 5.56 Å². The Morgan fingerprint density at radius 3 is 2.38 bits per heavy atom. The van der Waals surface area contributed by atoms with E-state index in [0.717, 1.165) is 18.4 Å². The van der Waals surface area contributed by atoms with E-state index in [-0.39, 0.29) is 11.9 Å². The predicted octanol–water partition coefficient (Wildman–Crippen LogP) is 3.07. The van der Waals surface area contributed by atoms with E-state index in [1.54, 1.807) is 0 Å². The van der Waals surface area contributed by atoms with Crippen LogP contribution in [0.25, 0.3) is 0 Å². The molecule has 3 nitrogen and oxygen atoms in total. The maximum absolute atomic E-state index is 12.0. The second-order valence-electron chi connectivity index (χ2n) is 5.11. The minimum Gasteiger partial charge on any atom is -0.352 e. The number of hydrogen-bond acceptors (Lipinski definition) is 2. The zero-order chi connectivity index (χ0) is 15.1. The summed E-state index contributed by atoms with van der Waals surface area (Å²) in [5, 5.41) is 2.92. The molecule has 0 aliphatic carbocycles. The van der Waals surface area contributed by atoms with Crippen LogP contribution in [0.2, 0.25) is 0 Å². The van der Waals surface area contributed by atoms with Crippen molar-refractivity contribution >= 4 is 5.91 Å². The minimum absolute atomic E-state index is 0.0436. The monoisotopic (exact) mass is 282 g/mol. The number of aryl methyl sites for hydroxylation is 1. The second-order valence-corrected chi connectivity index (χ2v) is 5.11. The summed E-state index contributed by atoms with van der Waals surface area (Å²) in [4.78, 5) is 12.0. The molecule has 0 radical (unpaired) electrons. The zero-order valence-electron chi connectivity index (χ0n) is 12.4. The molecule has 0 heterocycles. The van der Waals surface area contributed by atoms with Gasteiger partial charge in [-0.3, -0.25) is 4.79 Å². The molecule has 0 aromatic heterocycles. The largest absolute Gasteiger partial charge is 0.352 e. The third-order valence-electron chi connectivity index (χ3n) is 3.59. The van der Waals surface area contributed by atoms with Crippen LogP contribution in [0.5, 0.6) is 0 Å². The van der Waals surface area contributed by atoms with Crippen molar-refractivity contribution in [3.05, 3.63) is 71.3 Å². The third kappa shape index (κ3) is 4.43. The molecule has 1 amide bonds. The number of rotatable bonds is 6. The number of carbonyl (C=O) groups excluding carboxylic acids is 1. The first-order valence-electron chi connectivity index (χ1n) is 7.38. The molecule has 21 heavy (non-hydrogen) atoms. The van der Waals surface area contributed by atoms with Gasteiger partial charge in [0.2, 0.25) is 0 Å². The van der Waals surface area contributed by atoms with Crippen LogP contribution in [0.1, 0.15) is 40.9 Å². The van der Waals surface area contributed by atoms with Crippen molar-refractivity contribution in [1.82, 2.24) is 5.32 Å². The summed E-state index contributed by atoms with van der Waals surface area (Å²) in [5.41, 5.74) is 9.13. The van der Waals surface area contributed by atoms with Gasteiger partial charge in [0.1, 0.15) is 0 Å². The Bertz CT molecular complexity index is 564. The van der Waals surface area contributed by atoms with E-state index in [0.29, 0.717) is 12.1 Å². The van der Waals surface area contributed by atoms with Crippen molar-refractivity contribution in [1.29, 1.82) is 0 Å². The lowest BCUT2D eigenvalue weighted by atomic mass is 10.0. The highest BCUT2D eigenvalue weighted by Gasteiger charge is 2.08. The van der Waals surface area contributed by atoms with Crippen LogP contribution in [0.3, 0.4) is 0 Å². The second kappa shape index (κ2) is 7.60. The van der Waals surface area contributed by atoms with Gasteiger partial charge in [0, 0.05) is 18.2 Å². The third-order valence-corrected chi connectivity index (χ3v) is 3.59. The summed E-state index contributed by atoms with van der Waals surface area (Å²) in [6.45, 7) is 2.67. The molecule has 0 aliphatic heterocycles. The van der Waals surface area contributed by atoms with E-state index >= 15 is 0 Å². The summed E-state index contributed by atoms with van der Waals surface area (Å²) in [6, 6.07) is 17.6. The van der Waals surface area contributed by atoms with E-state index in [9.17, 15) is 4.79 Å². The van der Waals surface area contributed by atoms with E-state index in [4.69, 9.17) is 5.73 Å². The first-order chi connectivity index (χ1) is 10.2. The molecular formula is C18H22N2O. The number of benzene rings is 2. The highest BCUT2D eigenvalue weighted by molar-refractivity contribution is 5.94. The number of amides is 1. The van der Waals surface area contributed by atoms with Gasteiger partial charge in [0.05, 0.1) is 0 Å². The lowest BCUT2D eigenvalue weighted by Gasteiger charge is -2.12. The van der Waals surface area contributed by atoms with Gasteiger partial charge >= 0.3 is 0 Å². The normalized spacial score (nSPS) is 11.9. The van der Waals surface area contributed by atoms with E-state index in [2.05, 4.69) is 12.2 Å². The van der Waals surface area contributed by atoms with Crippen LogP contribution < -0.4 is 11.1 Å². The van der Waals surface area contributed by atoms with Crippen LogP contribution in [0, 0.1) is 0 Å². The highest BCUT2D eigenvalue weighted by atomic mass is 16.1. The van der Waals surface area contributed by atoms with Crippen LogP contribution in [0.4, 0.5) is 0 Å². The predicted molar refractivity (Wildman–Crippen MR) is 86.1 cm³/mol. The molecule has 0 spiro atoms. The fourth-order valence-corrected chi connectivity index (χ4v) is 2.20. The summed E-state index contributed by atoms with van der Waals surface area (Å²) in [5.74, 6) is -0.0436. The van der Waals surface area contributed by atoms with E-state index in [1.807, 2.05) is 54.6 Å². The molecule has 1 atom stereocenters. The summed E-state index contributed by atoms with van der Waals surface area (Å²) >= 11 is 0. The smallest absolute Gasteiger partial charge is 0.251 e. The minimum atomic E-state index is -0.0473. The van der Waals surface area contributed by atoms with Crippen LogP contribution in [-0.2, 0) is 6.42 Å². The number of hydrogen-bond donors (Lipinski definition) is 2. The van der Waals surface area contributed by atoms with Gasteiger partial charge in [-0.1, -0.05) is 49.4 Å². The molecule has 2 aromatic carbocycles. The number of nitrogens with one attached hydrogen (secondary N) is 1. The van der Waals surface area contributed by atoms with Crippen molar-refractivity contribution in [2.75, 3.05) is 6.54 Å². The Morgan fingerprint density at radius 1 is 1.10 bits per heavy atom. The Kier molecular flexibility index (Phi) is 5.52. The molecule has 0 saturated heterocycles. The summed E-state index contributed by atoms with van der Waals surface area (Å²) in [7, 11) is 0. The van der Waals surface area contributed by atoms with Crippen LogP contribution in [-0.4, -0.2) is 12.5 Å². The molecular weight excluding hydrogens is 260 g/mol. The molecule has 0 bridgehead atoms. The molecule has 0 aliphatic rings. The van der Waals surface area contributed by atoms with Crippen LogP contribution in [0.15, 0.2) is 54.6 Å². The Labute approximate surface area is 126 Å². The molecule has 0 fully saturated rings. The van der Waals surface area contributed by atoms with Crippen molar-refractivity contribution in [3.63, 3.8) is 0 Å². The fraction of sp³-hybridized carbons (Fsp3) is 0.278. The quantitative estimate of drug-likeness (QED) is 0.855. The Balaban J connectivity index is 1.81. The molecule has 110 valence electrons. The Morgan fingerprint density at radius 2 is 1.76 bits per heavy atom. The van der Waals surface area contributed by atoms with Gasteiger partial charge in [0.15, 0.2) is 0 Å².